The van der Waals surface area contributed by atoms with Crippen LogP contribution < -0.4 is 14.8 Å². The number of methoxy groups -OCH3 is 2. The molecule has 1 aromatic heterocycles. The number of aryl methyl sites for hydroxylation is 1. The normalized spacial score (nSPS) is 10.5. The molecule has 9 heteroatoms. The van der Waals surface area contributed by atoms with E-state index in [2.05, 4.69) is 43.2 Å². The predicted molar refractivity (Wildman–Crippen MR) is 159 cm³/mol. The Morgan fingerprint density at radius 3 is 2.34 bits per heavy atom. The number of hydrogen-bond acceptors (Lipinski definition) is 6. The molecule has 0 atom stereocenters. The van der Waals surface area contributed by atoms with Gasteiger partial charge in [-0.05, 0) is 64.8 Å². The molecule has 0 unspecified atom stereocenters. The van der Waals surface area contributed by atoms with Crippen molar-refractivity contribution in [1.29, 1.82) is 5.26 Å². The van der Waals surface area contributed by atoms with Crippen LogP contribution in [0, 0.1) is 18.3 Å². The van der Waals surface area contributed by atoms with Crippen LogP contribution in [0.15, 0.2) is 80.7 Å². The summed E-state index contributed by atoms with van der Waals surface area (Å²) in [5.41, 5.74) is 5.26. The number of halogens is 2. The Bertz CT molecular complexity index is 1540. The molecule has 0 aliphatic carbocycles. The number of thioether (sulfide) groups is 1. The van der Waals surface area contributed by atoms with E-state index in [0.717, 1.165) is 25.6 Å². The van der Waals surface area contributed by atoms with Gasteiger partial charge in [0.2, 0.25) is 5.91 Å². The minimum absolute atomic E-state index is 0.0763. The van der Waals surface area contributed by atoms with E-state index in [-0.39, 0.29) is 11.7 Å². The third-order valence-electron chi connectivity index (χ3n) is 5.69. The number of anilines is 1. The molecule has 0 radical (unpaired) electrons. The first kappa shape index (κ1) is 27.7. The summed E-state index contributed by atoms with van der Waals surface area (Å²) < 4.78 is 12.5. The largest absolute Gasteiger partial charge is 0.493 e. The van der Waals surface area contributed by atoms with Crippen LogP contribution in [0.2, 0.25) is 0 Å². The highest BCUT2D eigenvalue weighted by Crippen LogP contribution is 2.38. The van der Waals surface area contributed by atoms with Crippen LogP contribution in [0.5, 0.6) is 11.5 Å². The molecule has 0 aliphatic heterocycles. The molecule has 0 spiro atoms. The minimum Gasteiger partial charge on any atom is -0.493 e. The van der Waals surface area contributed by atoms with Crippen LogP contribution in [-0.2, 0) is 4.79 Å². The maximum absolute atomic E-state index is 12.8. The Labute approximate surface area is 242 Å². The highest BCUT2D eigenvalue weighted by Gasteiger charge is 2.19. The molecule has 0 aliphatic rings. The van der Waals surface area contributed by atoms with Gasteiger partial charge in [-0.2, -0.15) is 5.26 Å². The third kappa shape index (κ3) is 6.38. The maximum Gasteiger partial charge on any atom is 0.234 e. The number of hydrogen-bond donors (Lipinski definition) is 1. The minimum atomic E-state index is -0.211. The topological polar surface area (TPSA) is 84.2 Å². The number of pyridine rings is 1. The van der Waals surface area contributed by atoms with Crippen LogP contribution in [0.1, 0.15) is 11.1 Å². The van der Waals surface area contributed by atoms with Crippen molar-refractivity contribution in [3.8, 4) is 40.0 Å². The van der Waals surface area contributed by atoms with Crippen LogP contribution in [0.4, 0.5) is 5.69 Å². The number of carbonyl (C=O) groups is 1. The first-order valence-electron chi connectivity index (χ1n) is 11.4. The molecular formula is C29H23Br2N3O3S. The Hall–Kier alpha value is -3.32. The van der Waals surface area contributed by atoms with Crippen LogP contribution >= 0.6 is 43.6 Å². The van der Waals surface area contributed by atoms with Crippen LogP contribution in [0.3, 0.4) is 0 Å². The standard InChI is InChI=1S/C29H23Br2N3O3S/c1-17-4-6-18(7-5-17)25-14-21(19-8-11-26(36-2)27(12-19)37-3)22(15-32)29(34-25)38-16-28(35)33-24-10-9-20(30)13-23(24)31/h4-14H,16H2,1-3H3,(H,33,35). The average Bonchev–Trinajstić information content (AvgIpc) is 2.92. The zero-order valence-corrected chi connectivity index (χ0v) is 24.8. The monoisotopic (exact) mass is 651 g/mol. The second-order valence-corrected chi connectivity index (χ2v) is 11.0. The fourth-order valence-electron chi connectivity index (χ4n) is 3.75. The lowest BCUT2D eigenvalue weighted by molar-refractivity contribution is -0.113. The Balaban J connectivity index is 1.73. The lowest BCUT2D eigenvalue weighted by Gasteiger charge is -2.15. The summed E-state index contributed by atoms with van der Waals surface area (Å²) in [6.45, 7) is 2.02. The molecule has 1 N–H and O–H groups in total. The van der Waals surface area contributed by atoms with E-state index in [1.165, 1.54) is 11.8 Å². The van der Waals surface area contributed by atoms with E-state index in [1.54, 1.807) is 20.3 Å². The van der Waals surface area contributed by atoms with E-state index in [9.17, 15) is 10.1 Å². The van der Waals surface area contributed by atoms with Crippen molar-refractivity contribution in [2.75, 3.05) is 25.3 Å². The van der Waals surface area contributed by atoms with Crippen molar-refractivity contribution >= 4 is 55.2 Å². The second-order valence-electron chi connectivity index (χ2n) is 8.24. The van der Waals surface area contributed by atoms with Gasteiger partial charge in [0.05, 0.1) is 36.9 Å². The molecule has 192 valence electrons. The fourth-order valence-corrected chi connectivity index (χ4v) is 5.70. The van der Waals surface area contributed by atoms with Crippen LogP contribution in [-0.4, -0.2) is 30.9 Å². The SMILES string of the molecule is COc1ccc(-c2cc(-c3ccc(C)cc3)nc(SCC(=O)Nc3ccc(Br)cc3Br)c2C#N)cc1OC. The summed E-state index contributed by atoms with van der Waals surface area (Å²) in [5, 5.41) is 13.6. The fraction of sp³-hybridized carbons (Fsp3) is 0.138. The van der Waals surface area contributed by atoms with Crippen molar-refractivity contribution < 1.29 is 14.3 Å². The molecule has 0 bridgehead atoms. The van der Waals surface area contributed by atoms with Gasteiger partial charge in [-0.1, -0.05) is 63.6 Å². The summed E-state index contributed by atoms with van der Waals surface area (Å²) >= 11 is 8.10. The molecule has 1 amide bonds. The highest BCUT2D eigenvalue weighted by molar-refractivity contribution is 9.11. The van der Waals surface area contributed by atoms with E-state index >= 15 is 0 Å². The molecule has 0 saturated carbocycles. The van der Waals surface area contributed by atoms with Gasteiger partial charge in [-0.15, -0.1) is 0 Å². The summed E-state index contributed by atoms with van der Waals surface area (Å²) in [7, 11) is 3.15. The molecular weight excluding hydrogens is 630 g/mol. The Morgan fingerprint density at radius 2 is 1.68 bits per heavy atom. The van der Waals surface area contributed by atoms with Crippen molar-refractivity contribution in [2.45, 2.75) is 11.9 Å². The number of ether oxygens (including phenoxy) is 2. The quantitative estimate of drug-likeness (QED) is 0.195. The number of benzene rings is 3. The zero-order valence-electron chi connectivity index (χ0n) is 20.8. The molecule has 6 nitrogen and oxygen atoms in total. The highest BCUT2D eigenvalue weighted by atomic mass is 79.9. The van der Waals surface area contributed by atoms with Gasteiger partial charge in [-0.25, -0.2) is 4.98 Å². The summed E-state index contributed by atoms with van der Waals surface area (Å²) in [5.74, 6) is 1.01. The first-order valence-corrected chi connectivity index (χ1v) is 14.0. The average molecular weight is 653 g/mol. The number of nitriles is 1. The van der Waals surface area contributed by atoms with Gasteiger partial charge in [0.25, 0.3) is 0 Å². The van der Waals surface area contributed by atoms with Gasteiger partial charge in [0, 0.05) is 20.1 Å². The molecule has 1 heterocycles. The van der Waals surface area contributed by atoms with E-state index in [4.69, 9.17) is 14.5 Å². The lowest BCUT2D eigenvalue weighted by atomic mass is 9.98. The van der Waals surface area contributed by atoms with Gasteiger partial charge < -0.3 is 14.8 Å². The molecule has 4 aromatic rings. The molecule has 0 saturated heterocycles. The molecule has 4 rings (SSSR count). The van der Waals surface area contributed by atoms with Crippen LogP contribution in [0.25, 0.3) is 22.4 Å². The van der Waals surface area contributed by atoms with Gasteiger partial charge >= 0.3 is 0 Å². The van der Waals surface area contributed by atoms with Gasteiger partial charge in [0.1, 0.15) is 11.1 Å². The number of carbonyl (C=O) groups excluding carboxylic acids is 1. The van der Waals surface area contributed by atoms with Crippen molar-refractivity contribution in [3.05, 3.63) is 86.8 Å². The zero-order chi connectivity index (χ0) is 27.2. The summed E-state index contributed by atoms with van der Waals surface area (Å²) in [6, 6.07) is 23.3. The smallest absolute Gasteiger partial charge is 0.234 e. The summed E-state index contributed by atoms with van der Waals surface area (Å²) in [4.78, 5) is 17.6. The van der Waals surface area contributed by atoms with Crippen molar-refractivity contribution in [1.82, 2.24) is 4.98 Å². The summed E-state index contributed by atoms with van der Waals surface area (Å²) in [6.07, 6.45) is 0. The van der Waals surface area contributed by atoms with Crippen molar-refractivity contribution in [2.24, 2.45) is 0 Å². The van der Waals surface area contributed by atoms with E-state index in [1.807, 2.05) is 67.6 Å². The van der Waals surface area contributed by atoms with Crippen molar-refractivity contribution in [3.63, 3.8) is 0 Å². The lowest BCUT2D eigenvalue weighted by Crippen LogP contribution is -2.14. The van der Waals surface area contributed by atoms with Gasteiger partial charge in [-0.3, -0.25) is 4.79 Å². The Morgan fingerprint density at radius 1 is 0.974 bits per heavy atom. The number of nitrogens with one attached hydrogen (secondary N) is 1. The number of aromatic nitrogens is 1. The maximum atomic E-state index is 12.8. The molecule has 0 fully saturated rings. The molecule has 3 aromatic carbocycles. The third-order valence-corrected chi connectivity index (χ3v) is 7.81. The number of rotatable bonds is 8. The van der Waals surface area contributed by atoms with E-state index < -0.39 is 0 Å². The second kappa shape index (κ2) is 12.5. The Kier molecular flexibility index (Phi) is 9.10. The predicted octanol–water partition coefficient (Wildman–Crippen LogP) is 7.87. The van der Waals surface area contributed by atoms with E-state index in [0.29, 0.717) is 39.0 Å². The first-order chi connectivity index (χ1) is 18.3. The number of amides is 1. The molecule has 38 heavy (non-hydrogen) atoms. The number of nitrogens with zero attached hydrogens (tertiary/aromatic N) is 2. The van der Waals surface area contributed by atoms with Gasteiger partial charge in [0.15, 0.2) is 11.5 Å².